The summed E-state index contributed by atoms with van der Waals surface area (Å²) in [4.78, 5) is 35.5. The van der Waals surface area contributed by atoms with E-state index in [1.165, 1.54) is 11.0 Å². The summed E-state index contributed by atoms with van der Waals surface area (Å²) in [5, 5.41) is 4.07. The first kappa shape index (κ1) is 23.9. The van der Waals surface area contributed by atoms with Crippen molar-refractivity contribution in [1.29, 1.82) is 0 Å². The number of aromatic nitrogens is 2. The van der Waals surface area contributed by atoms with Gasteiger partial charge in [0.2, 0.25) is 23.5 Å². The minimum Gasteiger partial charge on any atom is -0.497 e. The van der Waals surface area contributed by atoms with E-state index in [2.05, 4.69) is 15.0 Å². The summed E-state index contributed by atoms with van der Waals surface area (Å²) >= 11 is 0. The van der Waals surface area contributed by atoms with Crippen LogP contribution in [0, 0.1) is 18.7 Å². The first-order chi connectivity index (χ1) is 17.4. The second kappa shape index (κ2) is 10.1. The van der Waals surface area contributed by atoms with Crippen LogP contribution in [0.25, 0.3) is 11.4 Å². The molecule has 0 aliphatic carbocycles. The van der Waals surface area contributed by atoms with Gasteiger partial charge in [0.05, 0.1) is 25.3 Å². The topological polar surface area (TPSA) is 92.0 Å². The Kier molecular flexibility index (Phi) is 6.69. The third kappa shape index (κ3) is 4.94. The van der Waals surface area contributed by atoms with E-state index in [1.54, 1.807) is 31.1 Å². The summed E-state index contributed by atoms with van der Waals surface area (Å²) in [5.74, 6) is 0.594. The van der Waals surface area contributed by atoms with Crippen LogP contribution in [0.5, 0.6) is 5.75 Å². The van der Waals surface area contributed by atoms with E-state index >= 15 is 0 Å². The van der Waals surface area contributed by atoms with Gasteiger partial charge < -0.3 is 19.1 Å². The Bertz CT molecular complexity index is 1250. The average Bonchev–Trinajstić information content (AvgIpc) is 3.51. The molecular formula is C26H28FN5O4. The molecule has 10 heteroatoms. The van der Waals surface area contributed by atoms with Crippen LogP contribution in [0.4, 0.5) is 10.1 Å². The molecule has 3 aromatic rings. The van der Waals surface area contributed by atoms with Crippen LogP contribution in [0.3, 0.4) is 0 Å². The zero-order valence-corrected chi connectivity index (χ0v) is 20.3. The molecule has 2 aromatic carbocycles. The third-order valence-corrected chi connectivity index (χ3v) is 6.73. The lowest BCUT2D eigenvalue weighted by Gasteiger charge is -2.35. The Balaban J connectivity index is 1.14. The standard InChI is InChI=1S/C26H28FN5O4/c1-17-3-8-22(21(27)13-17)32-15-19(14-24(32)33)26(34)31-11-9-30(10-12-31)16-23-28-25(29-36-23)18-4-6-20(35-2)7-5-18/h3-8,13,19H,9-12,14-16H2,1-2H3. The lowest BCUT2D eigenvalue weighted by Crippen LogP contribution is -2.50. The number of halogens is 1. The molecule has 5 rings (SSSR count). The number of carbonyl (C=O) groups is 2. The highest BCUT2D eigenvalue weighted by molar-refractivity contribution is 6.00. The van der Waals surface area contributed by atoms with Gasteiger partial charge in [0, 0.05) is 44.7 Å². The van der Waals surface area contributed by atoms with Crippen LogP contribution >= 0.6 is 0 Å². The Morgan fingerprint density at radius 2 is 1.89 bits per heavy atom. The van der Waals surface area contributed by atoms with E-state index in [1.807, 2.05) is 24.3 Å². The van der Waals surface area contributed by atoms with Crippen LogP contribution in [0.2, 0.25) is 0 Å². The fourth-order valence-corrected chi connectivity index (χ4v) is 4.69. The molecule has 1 atom stereocenters. The Labute approximate surface area is 208 Å². The first-order valence-corrected chi connectivity index (χ1v) is 12.0. The number of nitrogens with zero attached hydrogens (tertiary/aromatic N) is 5. The van der Waals surface area contributed by atoms with Gasteiger partial charge in [-0.25, -0.2) is 4.39 Å². The zero-order valence-electron chi connectivity index (χ0n) is 20.3. The third-order valence-electron chi connectivity index (χ3n) is 6.73. The van der Waals surface area contributed by atoms with Crippen molar-refractivity contribution in [3.63, 3.8) is 0 Å². The van der Waals surface area contributed by atoms with Gasteiger partial charge in [0.25, 0.3) is 0 Å². The lowest BCUT2D eigenvalue weighted by atomic mass is 10.1. The molecular weight excluding hydrogens is 465 g/mol. The number of rotatable bonds is 6. The number of hydrogen-bond donors (Lipinski definition) is 0. The van der Waals surface area contributed by atoms with Crippen LogP contribution in [0.15, 0.2) is 47.0 Å². The smallest absolute Gasteiger partial charge is 0.241 e. The molecule has 0 N–H and O–H groups in total. The van der Waals surface area contributed by atoms with Gasteiger partial charge in [-0.05, 0) is 48.9 Å². The van der Waals surface area contributed by atoms with Gasteiger partial charge in [0.15, 0.2) is 0 Å². The Hall–Kier alpha value is -3.79. The van der Waals surface area contributed by atoms with E-state index in [4.69, 9.17) is 9.26 Å². The number of piperazine rings is 1. The molecule has 0 bridgehead atoms. The summed E-state index contributed by atoms with van der Waals surface area (Å²) in [6, 6.07) is 12.2. The maximum atomic E-state index is 14.4. The Morgan fingerprint density at radius 3 is 2.58 bits per heavy atom. The minimum absolute atomic E-state index is 0.0578. The summed E-state index contributed by atoms with van der Waals surface area (Å²) in [6.45, 7) is 4.89. The maximum absolute atomic E-state index is 14.4. The molecule has 0 saturated carbocycles. The van der Waals surface area contributed by atoms with Gasteiger partial charge in [0.1, 0.15) is 11.6 Å². The highest BCUT2D eigenvalue weighted by Crippen LogP contribution is 2.29. The Morgan fingerprint density at radius 1 is 1.14 bits per heavy atom. The molecule has 3 heterocycles. The average molecular weight is 494 g/mol. The minimum atomic E-state index is -0.465. The molecule has 2 aliphatic rings. The zero-order chi connectivity index (χ0) is 25.2. The number of carbonyl (C=O) groups excluding carboxylic acids is 2. The quantitative estimate of drug-likeness (QED) is 0.521. The second-order valence-corrected chi connectivity index (χ2v) is 9.20. The van der Waals surface area contributed by atoms with Crippen molar-refractivity contribution in [2.24, 2.45) is 5.92 Å². The molecule has 2 saturated heterocycles. The first-order valence-electron chi connectivity index (χ1n) is 12.0. The predicted octanol–water partition coefficient (Wildman–Crippen LogP) is 2.89. The molecule has 1 aromatic heterocycles. The fraction of sp³-hybridized carbons (Fsp3) is 0.385. The number of methoxy groups -OCH3 is 1. The summed E-state index contributed by atoms with van der Waals surface area (Å²) in [7, 11) is 1.61. The van der Waals surface area contributed by atoms with Crippen molar-refractivity contribution in [3.8, 4) is 17.1 Å². The van der Waals surface area contributed by atoms with Crippen molar-refractivity contribution in [2.45, 2.75) is 19.9 Å². The van der Waals surface area contributed by atoms with Gasteiger partial charge in [-0.3, -0.25) is 14.5 Å². The molecule has 0 spiro atoms. The number of hydrogen-bond acceptors (Lipinski definition) is 7. The molecule has 2 amide bonds. The van der Waals surface area contributed by atoms with E-state index < -0.39 is 11.7 Å². The van der Waals surface area contributed by atoms with E-state index in [9.17, 15) is 14.0 Å². The van der Waals surface area contributed by atoms with Crippen molar-refractivity contribution >= 4 is 17.5 Å². The number of benzene rings is 2. The predicted molar refractivity (Wildman–Crippen MR) is 130 cm³/mol. The van der Waals surface area contributed by atoms with Crippen LogP contribution in [-0.2, 0) is 16.1 Å². The molecule has 2 fully saturated rings. The molecule has 188 valence electrons. The van der Waals surface area contributed by atoms with Gasteiger partial charge in [-0.1, -0.05) is 11.2 Å². The molecule has 9 nitrogen and oxygen atoms in total. The van der Waals surface area contributed by atoms with Crippen LogP contribution < -0.4 is 9.64 Å². The molecule has 1 unspecified atom stereocenters. The fourth-order valence-electron chi connectivity index (χ4n) is 4.69. The monoisotopic (exact) mass is 493 g/mol. The van der Waals surface area contributed by atoms with Crippen molar-refractivity contribution in [1.82, 2.24) is 19.9 Å². The SMILES string of the molecule is COc1ccc(-c2noc(CN3CCN(C(=O)C4CC(=O)N(c5ccc(C)cc5F)C4)CC3)n2)cc1. The second-order valence-electron chi connectivity index (χ2n) is 9.20. The van der Waals surface area contributed by atoms with Crippen molar-refractivity contribution in [2.75, 3.05) is 44.7 Å². The summed E-state index contributed by atoms with van der Waals surface area (Å²) < 4.78 is 25.0. The van der Waals surface area contributed by atoms with Gasteiger partial charge in [-0.15, -0.1) is 0 Å². The number of amides is 2. The number of aryl methyl sites for hydroxylation is 1. The molecule has 0 radical (unpaired) electrons. The molecule has 2 aliphatic heterocycles. The van der Waals surface area contributed by atoms with Gasteiger partial charge in [-0.2, -0.15) is 4.98 Å². The van der Waals surface area contributed by atoms with Crippen molar-refractivity contribution in [3.05, 3.63) is 59.7 Å². The number of ether oxygens (including phenoxy) is 1. The molecule has 36 heavy (non-hydrogen) atoms. The van der Waals surface area contributed by atoms with Crippen LogP contribution in [0.1, 0.15) is 17.9 Å². The van der Waals surface area contributed by atoms with E-state index in [-0.39, 0.29) is 30.5 Å². The van der Waals surface area contributed by atoms with Gasteiger partial charge >= 0.3 is 0 Å². The summed E-state index contributed by atoms with van der Waals surface area (Å²) in [6.07, 6.45) is 0.0997. The summed E-state index contributed by atoms with van der Waals surface area (Å²) in [5.41, 5.74) is 1.86. The maximum Gasteiger partial charge on any atom is 0.241 e. The number of anilines is 1. The lowest BCUT2D eigenvalue weighted by molar-refractivity contribution is -0.137. The normalized spacial score (nSPS) is 18.6. The largest absolute Gasteiger partial charge is 0.497 e. The van der Waals surface area contributed by atoms with E-state index in [0.29, 0.717) is 44.4 Å². The highest BCUT2D eigenvalue weighted by Gasteiger charge is 2.38. The van der Waals surface area contributed by atoms with E-state index in [0.717, 1.165) is 16.9 Å². The van der Waals surface area contributed by atoms with Crippen LogP contribution in [-0.4, -0.2) is 71.6 Å². The highest BCUT2D eigenvalue weighted by atomic mass is 19.1. The van der Waals surface area contributed by atoms with Crippen molar-refractivity contribution < 1.29 is 23.2 Å².